The second-order valence-electron chi connectivity index (χ2n) is 3.85. The molecule has 1 N–H and O–H groups in total. The van der Waals surface area contributed by atoms with Crippen LogP contribution in [-0.2, 0) is 0 Å². The third-order valence-electron chi connectivity index (χ3n) is 2.45. The third-order valence-corrected chi connectivity index (χ3v) is 3.38. The molecule has 0 bridgehead atoms. The van der Waals surface area contributed by atoms with Gasteiger partial charge in [-0.25, -0.2) is 0 Å². The third kappa shape index (κ3) is 3.63. The molecule has 0 spiro atoms. The van der Waals surface area contributed by atoms with E-state index >= 15 is 0 Å². The molecule has 0 aliphatic carbocycles. The number of thioether (sulfide) groups is 1. The molecule has 4 nitrogen and oxygen atoms in total. The van der Waals surface area contributed by atoms with Crippen LogP contribution < -0.4 is 0 Å². The Balaban J connectivity index is 1.79. The summed E-state index contributed by atoms with van der Waals surface area (Å²) >= 11 is 1.69. The molecule has 0 aliphatic rings. The summed E-state index contributed by atoms with van der Waals surface area (Å²) in [6, 6.07) is 3.71. The quantitative estimate of drug-likeness (QED) is 0.601. The number of hydrogen-bond acceptors (Lipinski definition) is 4. The lowest BCUT2D eigenvalue weighted by atomic mass is 10.2. The van der Waals surface area contributed by atoms with Crippen LogP contribution in [0.15, 0.2) is 28.0 Å². The van der Waals surface area contributed by atoms with E-state index in [1.165, 1.54) is 25.7 Å². The first kappa shape index (κ1) is 12.2. The highest BCUT2D eigenvalue weighted by Gasteiger charge is 2.07. The summed E-state index contributed by atoms with van der Waals surface area (Å²) in [5.41, 5.74) is 0. The van der Waals surface area contributed by atoms with Crippen molar-refractivity contribution in [1.82, 2.24) is 15.2 Å². The fraction of sp³-hybridized carbons (Fsp3) is 0.500. The molecule has 0 aromatic carbocycles. The van der Waals surface area contributed by atoms with E-state index < -0.39 is 0 Å². The monoisotopic (exact) mass is 251 g/mol. The van der Waals surface area contributed by atoms with E-state index in [0.717, 1.165) is 16.7 Å². The Labute approximate surface area is 105 Å². The molecule has 2 aromatic heterocycles. The topological polar surface area (TPSA) is 54.7 Å². The van der Waals surface area contributed by atoms with Gasteiger partial charge in [0, 0.05) is 5.75 Å². The smallest absolute Gasteiger partial charge is 0.208 e. The SMILES string of the molecule is CCCCCCSc1n[nH]c(-c2ccco2)n1. The Hall–Kier alpha value is -1.23. The number of aromatic nitrogens is 3. The van der Waals surface area contributed by atoms with Crippen molar-refractivity contribution in [3.63, 3.8) is 0 Å². The van der Waals surface area contributed by atoms with Gasteiger partial charge in [0.15, 0.2) is 11.6 Å². The van der Waals surface area contributed by atoms with Crippen molar-refractivity contribution in [2.75, 3.05) is 5.75 Å². The number of H-pyrrole nitrogens is 1. The van der Waals surface area contributed by atoms with Gasteiger partial charge in [0.25, 0.3) is 0 Å². The molecule has 92 valence electrons. The van der Waals surface area contributed by atoms with E-state index in [-0.39, 0.29) is 0 Å². The maximum absolute atomic E-state index is 5.25. The van der Waals surface area contributed by atoms with Crippen molar-refractivity contribution in [1.29, 1.82) is 0 Å². The molecular weight excluding hydrogens is 234 g/mol. The van der Waals surface area contributed by atoms with Crippen LogP contribution in [0.25, 0.3) is 11.6 Å². The van der Waals surface area contributed by atoms with Gasteiger partial charge in [-0.15, -0.1) is 5.10 Å². The van der Waals surface area contributed by atoms with Gasteiger partial charge in [-0.2, -0.15) is 4.98 Å². The Morgan fingerprint density at radius 1 is 1.35 bits per heavy atom. The predicted octanol–water partition coefficient (Wildman–Crippen LogP) is 3.74. The van der Waals surface area contributed by atoms with Crippen molar-refractivity contribution < 1.29 is 4.42 Å². The summed E-state index contributed by atoms with van der Waals surface area (Å²) in [5.74, 6) is 2.51. The fourth-order valence-electron chi connectivity index (χ4n) is 1.53. The van der Waals surface area contributed by atoms with Gasteiger partial charge in [0.2, 0.25) is 5.16 Å². The average molecular weight is 251 g/mol. The molecule has 0 atom stereocenters. The number of hydrogen-bond donors (Lipinski definition) is 1. The van der Waals surface area contributed by atoms with Crippen molar-refractivity contribution in [3.8, 4) is 11.6 Å². The van der Waals surface area contributed by atoms with Crippen LogP contribution in [0.2, 0.25) is 0 Å². The van der Waals surface area contributed by atoms with E-state index in [4.69, 9.17) is 4.42 Å². The molecular formula is C12H17N3OS. The van der Waals surface area contributed by atoms with Gasteiger partial charge in [-0.3, -0.25) is 5.10 Å². The van der Waals surface area contributed by atoms with Gasteiger partial charge >= 0.3 is 0 Å². The van der Waals surface area contributed by atoms with Gasteiger partial charge in [-0.1, -0.05) is 37.9 Å². The van der Waals surface area contributed by atoms with Crippen LogP contribution in [0.1, 0.15) is 32.6 Å². The van der Waals surface area contributed by atoms with Crippen LogP contribution in [0.4, 0.5) is 0 Å². The van der Waals surface area contributed by atoms with E-state index in [2.05, 4.69) is 22.1 Å². The lowest BCUT2D eigenvalue weighted by Gasteiger charge is -1.96. The fourth-order valence-corrected chi connectivity index (χ4v) is 2.32. The van der Waals surface area contributed by atoms with E-state index in [0.29, 0.717) is 5.82 Å². The summed E-state index contributed by atoms with van der Waals surface area (Å²) in [6.07, 6.45) is 6.73. The lowest BCUT2D eigenvalue weighted by Crippen LogP contribution is -1.82. The predicted molar refractivity (Wildman–Crippen MR) is 69.0 cm³/mol. The molecule has 2 rings (SSSR count). The van der Waals surface area contributed by atoms with Gasteiger partial charge < -0.3 is 4.42 Å². The highest BCUT2D eigenvalue weighted by Crippen LogP contribution is 2.20. The molecule has 0 saturated heterocycles. The number of furan rings is 1. The summed E-state index contributed by atoms with van der Waals surface area (Å²) in [5, 5.41) is 7.84. The highest BCUT2D eigenvalue weighted by atomic mass is 32.2. The average Bonchev–Trinajstić information content (AvgIpc) is 2.99. The molecule has 0 aliphatic heterocycles. The number of nitrogens with zero attached hydrogens (tertiary/aromatic N) is 2. The number of rotatable bonds is 7. The van der Waals surface area contributed by atoms with Crippen LogP contribution in [0, 0.1) is 0 Å². The Bertz CT molecular complexity index is 425. The summed E-state index contributed by atoms with van der Waals surface area (Å²) in [4.78, 5) is 4.37. The van der Waals surface area contributed by atoms with Gasteiger partial charge in [-0.05, 0) is 18.6 Å². The first-order valence-electron chi connectivity index (χ1n) is 5.99. The highest BCUT2D eigenvalue weighted by molar-refractivity contribution is 7.99. The molecule has 0 fully saturated rings. The maximum Gasteiger partial charge on any atom is 0.208 e. The standard InChI is InChI=1S/C12H17N3OS/c1-2-3-4-5-9-17-12-13-11(14-15-12)10-7-6-8-16-10/h6-8H,2-5,9H2,1H3,(H,13,14,15). The van der Waals surface area contributed by atoms with Gasteiger partial charge in [0.05, 0.1) is 6.26 Å². The van der Waals surface area contributed by atoms with Crippen LogP contribution in [-0.4, -0.2) is 20.9 Å². The number of nitrogens with one attached hydrogen (secondary N) is 1. The number of aromatic amines is 1. The molecule has 2 aromatic rings. The van der Waals surface area contributed by atoms with Crippen molar-refractivity contribution in [2.24, 2.45) is 0 Å². The zero-order valence-electron chi connectivity index (χ0n) is 9.98. The second kappa shape index (κ2) is 6.49. The summed E-state index contributed by atoms with van der Waals surface area (Å²) in [6.45, 7) is 2.22. The first-order chi connectivity index (χ1) is 8.40. The lowest BCUT2D eigenvalue weighted by molar-refractivity contribution is 0.577. The summed E-state index contributed by atoms with van der Waals surface area (Å²) < 4.78 is 5.25. The molecule has 0 amide bonds. The van der Waals surface area contributed by atoms with Crippen LogP contribution in [0.3, 0.4) is 0 Å². The van der Waals surface area contributed by atoms with E-state index in [1.54, 1.807) is 18.0 Å². The minimum absolute atomic E-state index is 0.700. The van der Waals surface area contributed by atoms with Crippen molar-refractivity contribution in [2.45, 2.75) is 37.8 Å². The Kier molecular flexibility index (Phi) is 4.67. The normalized spacial score (nSPS) is 10.9. The Morgan fingerprint density at radius 2 is 2.29 bits per heavy atom. The zero-order chi connectivity index (χ0) is 11.9. The maximum atomic E-state index is 5.25. The van der Waals surface area contributed by atoms with Crippen LogP contribution in [0.5, 0.6) is 0 Å². The van der Waals surface area contributed by atoms with Crippen LogP contribution >= 0.6 is 11.8 Å². The molecule has 0 radical (unpaired) electrons. The molecule has 0 unspecified atom stereocenters. The zero-order valence-corrected chi connectivity index (χ0v) is 10.8. The molecule has 0 saturated carbocycles. The first-order valence-corrected chi connectivity index (χ1v) is 6.98. The van der Waals surface area contributed by atoms with E-state index in [1.807, 2.05) is 12.1 Å². The molecule has 17 heavy (non-hydrogen) atoms. The second-order valence-corrected chi connectivity index (χ2v) is 4.92. The number of unbranched alkanes of at least 4 members (excludes halogenated alkanes) is 3. The minimum Gasteiger partial charge on any atom is -0.461 e. The summed E-state index contributed by atoms with van der Waals surface area (Å²) in [7, 11) is 0. The van der Waals surface area contributed by atoms with Crippen molar-refractivity contribution in [3.05, 3.63) is 18.4 Å². The van der Waals surface area contributed by atoms with Crippen molar-refractivity contribution >= 4 is 11.8 Å². The molecule has 2 heterocycles. The Morgan fingerprint density at radius 3 is 3.06 bits per heavy atom. The van der Waals surface area contributed by atoms with Gasteiger partial charge in [0.1, 0.15) is 0 Å². The largest absolute Gasteiger partial charge is 0.461 e. The van der Waals surface area contributed by atoms with E-state index in [9.17, 15) is 0 Å². The minimum atomic E-state index is 0.700. The molecule has 5 heteroatoms.